The van der Waals surface area contributed by atoms with Crippen LogP contribution in [0.15, 0.2) is 35.7 Å². The smallest absolute Gasteiger partial charge is 0.322 e. The van der Waals surface area contributed by atoms with Crippen molar-refractivity contribution in [3.8, 4) is 0 Å². The Balaban J connectivity index is 2.34. The minimum absolute atomic E-state index is 0.214. The fraction of sp³-hybridized carbons (Fsp3) is 0.333. The highest BCUT2D eigenvalue weighted by Gasteiger charge is 2.31. The van der Waals surface area contributed by atoms with Gasteiger partial charge in [-0.3, -0.25) is 0 Å². The molecule has 0 saturated heterocycles. The standard InChI is InChI=1S/C15H17F3N2S/c1-9-6-7-21-14(9)13(20-2)12(19)10-4-3-5-11(8-10)15(16,17)18/h3-8,12-13,20H,19H2,1-2H3. The summed E-state index contributed by atoms with van der Waals surface area (Å²) in [5.41, 5.74) is 7.08. The molecule has 0 radical (unpaired) electrons. The zero-order chi connectivity index (χ0) is 15.6. The van der Waals surface area contributed by atoms with Crippen molar-refractivity contribution in [2.75, 3.05) is 7.05 Å². The number of aryl methyl sites for hydroxylation is 1. The molecule has 0 aliphatic rings. The lowest BCUT2D eigenvalue weighted by atomic mass is 9.96. The molecule has 2 unspecified atom stereocenters. The lowest BCUT2D eigenvalue weighted by Gasteiger charge is -2.24. The molecule has 0 bridgehead atoms. The van der Waals surface area contributed by atoms with Crippen molar-refractivity contribution in [2.24, 2.45) is 5.73 Å². The number of hydrogen-bond acceptors (Lipinski definition) is 3. The summed E-state index contributed by atoms with van der Waals surface area (Å²) in [4.78, 5) is 1.04. The first-order chi connectivity index (χ1) is 9.84. The molecule has 3 N–H and O–H groups in total. The Labute approximate surface area is 125 Å². The maximum absolute atomic E-state index is 12.8. The van der Waals surface area contributed by atoms with Crippen LogP contribution in [0.5, 0.6) is 0 Å². The second kappa shape index (κ2) is 6.17. The van der Waals surface area contributed by atoms with E-state index in [0.29, 0.717) is 5.56 Å². The number of halogens is 3. The minimum atomic E-state index is -4.36. The van der Waals surface area contributed by atoms with E-state index in [1.807, 2.05) is 18.4 Å². The fourth-order valence-corrected chi connectivity index (χ4v) is 3.38. The van der Waals surface area contributed by atoms with E-state index in [0.717, 1.165) is 22.6 Å². The van der Waals surface area contributed by atoms with Gasteiger partial charge >= 0.3 is 6.18 Å². The van der Waals surface area contributed by atoms with Crippen LogP contribution in [-0.4, -0.2) is 7.05 Å². The maximum atomic E-state index is 12.8. The molecule has 0 aliphatic heterocycles. The SMILES string of the molecule is CNC(c1sccc1C)C(N)c1cccc(C(F)(F)F)c1. The fourth-order valence-electron chi connectivity index (χ4n) is 2.29. The average molecular weight is 314 g/mol. The minimum Gasteiger partial charge on any atom is -0.322 e. The molecule has 0 aliphatic carbocycles. The topological polar surface area (TPSA) is 38.0 Å². The van der Waals surface area contributed by atoms with Crippen LogP contribution in [0, 0.1) is 6.92 Å². The van der Waals surface area contributed by atoms with Crippen LogP contribution >= 0.6 is 11.3 Å². The summed E-state index contributed by atoms with van der Waals surface area (Å²) >= 11 is 1.55. The van der Waals surface area contributed by atoms with Crippen LogP contribution in [0.25, 0.3) is 0 Å². The van der Waals surface area contributed by atoms with Crippen LogP contribution in [-0.2, 0) is 6.18 Å². The molecular formula is C15H17F3N2S. The van der Waals surface area contributed by atoms with Crippen LogP contribution in [0.4, 0.5) is 13.2 Å². The first kappa shape index (κ1) is 16.0. The first-order valence-corrected chi connectivity index (χ1v) is 7.36. The number of nitrogens with two attached hydrogens (primary N) is 1. The Morgan fingerprint density at radius 2 is 1.95 bits per heavy atom. The van der Waals surface area contributed by atoms with Crippen LogP contribution < -0.4 is 11.1 Å². The van der Waals surface area contributed by atoms with Gasteiger partial charge in [-0.2, -0.15) is 13.2 Å². The summed E-state index contributed by atoms with van der Waals surface area (Å²) in [7, 11) is 1.76. The number of nitrogens with one attached hydrogen (secondary N) is 1. The third kappa shape index (κ3) is 3.45. The van der Waals surface area contributed by atoms with E-state index in [2.05, 4.69) is 5.32 Å². The van der Waals surface area contributed by atoms with Gasteiger partial charge in [-0.15, -0.1) is 11.3 Å². The lowest BCUT2D eigenvalue weighted by Crippen LogP contribution is -2.29. The summed E-state index contributed by atoms with van der Waals surface area (Å²) in [6, 6.07) is 6.42. The molecular weight excluding hydrogens is 297 g/mol. The zero-order valence-corrected chi connectivity index (χ0v) is 12.6. The highest BCUT2D eigenvalue weighted by molar-refractivity contribution is 7.10. The van der Waals surface area contributed by atoms with Crippen LogP contribution in [0.2, 0.25) is 0 Å². The number of rotatable bonds is 4. The van der Waals surface area contributed by atoms with E-state index in [-0.39, 0.29) is 6.04 Å². The highest BCUT2D eigenvalue weighted by atomic mass is 32.1. The van der Waals surface area contributed by atoms with Crippen molar-refractivity contribution in [2.45, 2.75) is 25.2 Å². The van der Waals surface area contributed by atoms with Crippen molar-refractivity contribution in [1.29, 1.82) is 0 Å². The van der Waals surface area contributed by atoms with E-state index >= 15 is 0 Å². The summed E-state index contributed by atoms with van der Waals surface area (Å²) in [5, 5.41) is 5.06. The molecule has 1 aromatic carbocycles. The van der Waals surface area contributed by atoms with Gasteiger partial charge in [0.05, 0.1) is 17.6 Å². The molecule has 2 rings (SSSR count). The molecule has 0 spiro atoms. The average Bonchev–Trinajstić information content (AvgIpc) is 2.85. The molecule has 0 amide bonds. The maximum Gasteiger partial charge on any atom is 0.416 e. The summed E-state index contributed by atoms with van der Waals surface area (Å²) in [6.07, 6.45) is -4.36. The molecule has 2 nitrogen and oxygen atoms in total. The number of hydrogen-bond donors (Lipinski definition) is 2. The molecule has 114 valence electrons. The van der Waals surface area contributed by atoms with Crippen molar-refractivity contribution >= 4 is 11.3 Å². The van der Waals surface area contributed by atoms with Gasteiger partial charge in [0, 0.05) is 4.88 Å². The lowest BCUT2D eigenvalue weighted by molar-refractivity contribution is -0.137. The monoisotopic (exact) mass is 314 g/mol. The molecule has 0 fully saturated rings. The van der Waals surface area contributed by atoms with Gasteiger partial charge < -0.3 is 11.1 Å². The summed E-state index contributed by atoms with van der Waals surface area (Å²) < 4.78 is 38.4. The second-order valence-electron chi connectivity index (χ2n) is 4.88. The number of alkyl halides is 3. The van der Waals surface area contributed by atoms with Crippen LogP contribution in [0.1, 0.15) is 33.7 Å². The molecule has 0 saturated carbocycles. The van der Waals surface area contributed by atoms with Crippen molar-refractivity contribution in [1.82, 2.24) is 5.32 Å². The zero-order valence-electron chi connectivity index (χ0n) is 11.7. The third-order valence-corrected chi connectivity index (χ3v) is 4.56. The van der Waals surface area contributed by atoms with Gasteiger partial charge in [0.15, 0.2) is 0 Å². The Bertz CT molecular complexity index is 607. The predicted molar refractivity (Wildman–Crippen MR) is 79.2 cm³/mol. The van der Waals surface area contributed by atoms with Crippen molar-refractivity contribution < 1.29 is 13.2 Å². The van der Waals surface area contributed by atoms with Gasteiger partial charge in [-0.05, 0) is 48.7 Å². The third-order valence-electron chi connectivity index (χ3n) is 3.45. The molecule has 21 heavy (non-hydrogen) atoms. The highest BCUT2D eigenvalue weighted by Crippen LogP contribution is 2.35. The molecule has 6 heteroatoms. The van der Waals surface area contributed by atoms with Gasteiger partial charge in [0.25, 0.3) is 0 Å². The van der Waals surface area contributed by atoms with Gasteiger partial charge in [-0.1, -0.05) is 12.1 Å². The van der Waals surface area contributed by atoms with Gasteiger partial charge in [-0.25, -0.2) is 0 Å². The van der Waals surface area contributed by atoms with Crippen molar-refractivity contribution in [3.05, 3.63) is 57.3 Å². The van der Waals surface area contributed by atoms with E-state index in [1.54, 1.807) is 24.5 Å². The first-order valence-electron chi connectivity index (χ1n) is 6.48. The van der Waals surface area contributed by atoms with Gasteiger partial charge in [0.1, 0.15) is 0 Å². The molecule has 2 atom stereocenters. The Kier molecular flexibility index (Phi) is 4.70. The Hall–Kier alpha value is -1.37. The van der Waals surface area contributed by atoms with Crippen LogP contribution in [0.3, 0.4) is 0 Å². The molecule has 1 aromatic heterocycles. The molecule has 2 aromatic rings. The summed E-state index contributed by atoms with van der Waals surface area (Å²) in [5.74, 6) is 0. The van der Waals surface area contributed by atoms with Crippen molar-refractivity contribution in [3.63, 3.8) is 0 Å². The predicted octanol–water partition coefficient (Wildman–Crippen LogP) is 4.04. The van der Waals surface area contributed by atoms with E-state index in [4.69, 9.17) is 5.73 Å². The number of likely N-dealkylation sites (N-methyl/N-ethyl adjacent to an activating group) is 1. The summed E-state index contributed by atoms with van der Waals surface area (Å²) in [6.45, 7) is 1.97. The van der Waals surface area contributed by atoms with E-state index in [1.165, 1.54) is 6.07 Å². The van der Waals surface area contributed by atoms with E-state index in [9.17, 15) is 13.2 Å². The number of benzene rings is 1. The Morgan fingerprint density at radius 1 is 1.24 bits per heavy atom. The number of thiophene rings is 1. The second-order valence-corrected chi connectivity index (χ2v) is 5.83. The molecule has 1 heterocycles. The largest absolute Gasteiger partial charge is 0.416 e. The van der Waals surface area contributed by atoms with Gasteiger partial charge in [0.2, 0.25) is 0 Å². The normalized spacial score (nSPS) is 15.0. The van der Waals surface area contributed by atoms with E-state index < -0.39 is 17.8 Å². The Morgan fingerprint density at radius 3 is 2.48 bits per heavy atom. The quantitative estimate of drug-likeness (QED) is 0.894.